The van der Waals surface area contributed by atoms with Crippen molar-refractivity contribution >= 4 is 5.78 Å². The predicted octanol–water partition coefficient (Wildman–Crippen LogP) is 3.56. The molecular formula is C19H24N2O3. The van der Waals surface area contributed by atoms with Crippen LogP contribution in [0.25, 0.3) is 0 Å². The SMILES string of the molecule is CC(C)Oc1cccc(CN2CCC(C(=O)c3ncco3)CC2)c1. The highest BCUT2D eigenvalue weighted by molar-refractivity contribution is 5.93. The quantitative estimate of drug-likeness (QED) is 0.759. The van der Waals surface area contributed by atoms with E-state index in [9.17, 15) is 4.79 Å². The van der Waals surface area contributed by atoms with Gasteiger partial charge in [0.2, 0.25) is 5.78 Å². The topological polar surface area (TPSA) is 55.6 Å². The van der Waals surface area contributed by atoms with E-state index in [1.165, 1.54) is 18.0 Å². The van der Waals surface area contributed by atoms with Gasteiger partial charge in [-0.25, -0.2) is 4.98 Å². The van der Waals surface area contributed by atoms with Crippen LogP contribution < -0.4 is 4.74 Å². The predicted molar refractivity (Wildman–Crippen MR) is 91.0 cm³/mol. The molecule has 3 rings (SSSR count). The fraction of sp³-hybridized carbons (Fsp3) is 0.474. The lowest BCUT2D eigenvalue weighted by Crippen LogP contribution is -2.36. The van der Waals surface area contributed by atoms with Crippen molar-refractivity contribution in [1.82, 2.24) is 9.88 Å². The van der Waals surface area contributed by atoms with Crippen LogP contribution in [0.3, 0.4) is 0 Å². The molecule has 2 heterocycles. The Kier molecular flexibility index (Phi) is 5.30. The molecule has 0 radical (unpaired) electrons. The lowest BCUT2D eigenvalue weighted by molar-refractivity contribution is 0.0799. The number of benzene rings is 1. The number of ketones is 1. The zero-order valence-corrected chi connectivity index (χ0v) is 14.3. The summed E-state index contributed by atoms with van der Waals surface area (Å²) in [5.41, 5.74) is 1.24. The first-order valence-electron chi connectivity index (χ1n) is 8.53. The summed E-state index contributed by atoms with van der Waals surface area (Å²) < 4.78 is 10.9. The molecule has 0 unspecified atom stereocenters. The second-order valence-corrected chi connectivity index (χ2v) is 6.57. The summed E-state index contributed by atoms with van der Waals surface area (Å²) in [6.07, 6.45) is 4.85. The second kappa shape index (κ2) is 7.62. The number of Topliss-reactive ketones (excluding diaryl/α,β-unsaturated/α-hetero) is 1. The van der Waals surface area contributed by atoms with E-state index in [1.54, 1.807) is 0 Å². The lowest BCUT2D eigenvalue weighted by Gasteiger charge is -2.30. The van der Waals surface area contributed by atoms with Crippen LogP contribution in [0.5, 0.6) is 5.75 Å². The molecule has 5 nitrogen and oxygen atoms in total. The number of hydrogen-bond acceptors (Lipinski definition) is 5. The van der Waals surface area contributed by atoms with Crippen LogP contribution in [0.1, 0.15) is 42.9 Å². The summed E-state index contributed by atoms with van der Waals surface area (Å²) in [5.74, 6) is 1.21. The zero-order valence-electron chi connectivity index (χ0n) is 14.3. The molecule has 1 fully saturated rings. The van der Waals surface area contributed by atoms with Crippen molar-refractivity contribution in [3.63, 3.8) is 0 Å². The number of nitrogens with zero attached hydrogens (tertiary/aromatic N) is 2. The van der Waals surface area contributed by atoms with Gasteiger partial charge >= 0.3 is 0 Å². The number of carbonyl (C=O) groups excluding carboxylic acids is 1. The molecule has 0 bridgehead atoms. The van der Waals surface area contributed by atoms with Gasteiger partial charge in [-0.2, -0.15) is 0 Å². The Bertz CT molecular complexity index is 659. The molecule has 2 aromatic rings. The molecule has 1 aromatic carbocycles. The van der Waals surface area contributed by atoms with Crippen molar-refractivity contribution in [3.8, 4) is 5.75 Å². The van der Waals surface area contributed by atoms with E-state index < -0.39 is 0 Å². The largest absolute Gasteiger partial charge is 0.491 e. The Morgan fingerprint density at radius 2 is 2.17 bits per heavy atom. The Hall–Kier alpha value is -2.14. The molecule has 1 aliphatic rings. The first-order chi connectivity index (χ1) is 11.6. The lowest BCUT2D eigenvalue weighted by atomic mass is 9.92. The minimum absolute atomic E-state index is 0.0236. The first-order valence-corrected chi connectivity index (χ1v) is 8.53. The Morgan fingerprint density at radius 1 is 1.38 bits per heavy atom. The maximum Gasteiger partial charge on any atom is 0.263 e. The molecule has 24 heavy (non-hydrogen) atoms. The summed E-state index contributed by atoms with van der Waals surface area (Å²) in [6.45, 7) is 6.76. The van der Waals surface area contributed by atoms with Crippen LogP contribution in [-0.2, 0) is 6.54 Å². The average molecular weight is 328 g/mol. The van der Waals surface area contributed by atoms with Gasteiger partial charge in [0, 0.05) is 12.5 Å². The van der Waals surface area contributed by atoms with Crippen LogP contribution in [-0.4, -0.2) is 34.9 Å². The minimum atomic E-state index is 0.0236. The van der Waals surface area contributed by atoms with Gasteiger partial charge in [-0.3, -0.25) is 9.69 Å². The maximum atomic E-state index is 12.3. The van der Waals surface area contributed by atoms with Crippen LogP contribution in [0.2, 0.25) is 0 Å². The summed E-state index contributed by atoms with van der Waals surface area (Å²) in [7, 11) is 0. The number of aromatic nitrogens is 1. The Morgan fingerprint density at radius 3 is 2.83 bits per heavy atom. The van der Waals surface area contributed by atoms with Gasteiger partial charge in [-0.05, 0) is 57.5 Å². The summed E-state index contributed by atoms with van der Waals surface area (Å²) in [6, 6.07) is 8.25. The molecular weight excluding hydrogens is 304 g/mol. The molecule has 128 valence electrons. The molecule has 0 saturated carbocycles. The van der Waals surface area contributed by atoms with Gasteiger partial charge in [0.1, 0.15) is 12.0 Å². The average Bonchev–Trinajstić information content (AvgIpc) is 3.09. The zero-order chi connectivity index (χ0) is 16.9. The molecule has 0 spiro atoms. The van der Waals surface area contributed by atoms with Gasteiger partial charge in [0.05, 0.1) is 12.3 Å². The van der Waals surface area contributed by atoms with Crippen molar-refractivity contribution in [2.24, 2.45) is 5.92 Å². The number of carbonyl (C=O) groups is 1. The van der Waals surface area contributed by atoms with Gasteiger partial charge in [-0.15, -0.1) is 0 Å². The van der Waals surface area contributed by atoms with E-state index in [2.05, 4.69) is 22.0 Å². The Labute approximate surface area is 142 Å². The van der Waals surface area contributed by atoms with Crippen LogP contribution in [0.4, 0.5) is 0 Å². The van der Waals surface area contributed by atoms with Crippen molar-refractivity contribution in [2.45, 2.75) is 39.3 Å². The second-order valence-electron chi connectivity index (χ2n) is 6.57. The van der Waals surface area contributed by atoms with Gasteiger partial charge < -0.3 is 9.15 Å². The first kappa shape index (κ1) is 16.7. The standard InChI is InChI=1S/C19H24N2O3/c1-14(2)24-17-5-3-4-15(12-17)13-21-9-6-16(7-10-21)18(22)19-20-8-11-23-19/h3-5,8,11-12,14,16H,6-7,9-10,13H2,1-2H3. The molecule has 0 atom stereocenters. The minimum Gasteiger partial charge on any atom is -0.491 e. The number of likely N-dealkylation sites (tertiary alicyclic amines) is 1. The van der Waals surface area contributed by atoms with E-state index in [0.717, 1.165) is 38.2 Å². The molecule has 0 aliphatic carbocycles. The van der Waals surface area contributed by atoms with Crippen LogP contribution in [0.15, 0.2) is 41.1 Å². The van der Waals surface area contributed by atoms with E-state index in [-0.39, 0.29) is 23.7 Å². The smallest absolute Gasteiger partial charge is 0.263 e. The van der Waals surface area contributed by atoms with Gasteiger partial charge in [0.25, 0.3) is 5.89 Å². The van der Waals surface area contributed by atoms with Crippen molar-refractivity contribution < 1.29 is 13.9 Å². The van der Waals surface area contributed by atoms with E-state index in [4.69, 9.17) is 9.15 Å². The third kappa shape index (κ3) is 4.23. The molecule has 0 amide bonds. The van der Waals surface area contributed by atoms with E-state index in [0.29, 0.717) is 0 Å². The number of oxazole rings is 1. The number of rotatable bonds is 6. The normalized spacial score (nSPS) is 16.5. The third-order valence-corrected chi connectivity index (χ3v) is 4.28. The monoisotopic (exact) mass is 328 g/mol. The summed E-state index contributed by atoms with van der Waals surface area (Å²) >= 11 is 0. The van der Waals surface area contributed by atoms with E-state index in [1.807, 2.05) is 26.0 Å². The van der Waals surface area contributed by atoms with Crippen LogP contribution >= 0.6 is 0 Å². The van der Waals surface area contributed by atoms with Crippen LogP contribution in [0, 0.1) is 5.92 Å². The molecule has 1 saturated heterocycles. The number of hydrogen-bond donors (Lipinski definition) is 0. The number of ether oxygens (including phenoxy) is 1. The fourth-order valence-corrected chi connectivity index (χ4v) is 3.12. The molecule has 1 aliphatic heterocycles. The van der Waals surface area contributed by atoms with Crippen molar-refractivity contribution in [2.75, 3.05) is 13.1 Å². The summed E-state index contributed by atoms with van der Waals surface area (Å²) in [5, 5.41) is 0. The van der Waals surface area contributed by atoms with Gasteiger partial charge in [-0.1, -0.05) is 12.1 Å². The van der Waals surface area contributed by atoms with Crippen molar-refractivity contribution in [1.29, 1.82) is 0 Å². The molecule has 1 aromatic heterocycles. The Balaban J connectivity index is 1.53. The summed E-state index contributed by atoms with van der Waals surface area (Å²) in [4.78, 5) is 18.6. The van der Waals surface area contributed by atoms with E-state index >= 15 is 0 Å². The number of piperidine rings is 1. The third-order valence-electron chi connectivity index (χ3n) is 4.28. The highest BCUT2D eigenvalue weighted by Gasteiger charge is 2.28. The molecule has 5 heteroatoms. The maximum absolute atomic E-state index is 12.3. The van der Waals surface area contributed by atoms with Crippen molar-refractivity contribution in [3.05, 3.63) is 48.2 Å². The molecule has 0 N–H and O–H groups in total. The highest BCUT2D eigenvalue weighted by Crippen LogP contribution is 2.23. The fourth-order valence-electron chi connectivity index (χ4n) is 3.12. The highest BCUT2D eigenvalue weighted by atomic mass is 16.5. The van der Waals surface area contributed by atoms with Gasteiger partial charge in [0.15, 0.2) is 0 Å².